The minimum absolute atomic E-state index is 0. The average molecular weight is 493 g/mol. The van der Waals surface area contributed by atoms with Crippen LogP contribution in [0.5, 0.6) is 0 Å². The number of aliphatic imine (C=N–C) groups is 1. The smallest absolute Gasteiger partial charge is 0.193 e. The number of rotatable bonds is 5. The maximum Gasteiger partial charge on any atom is 0.193 e. The maximum atomic E-state index is 6.14. The third kappa shape index (κ3) is 7.69. The molecule has 0 bridgehead atoms. The summed E-state index contributed by atoms with van der Waals surface area (Å²) in [6, 6.07) is 0. The van der Waals surface area contributed by atoms with E-state index in [2.05, 4.69) is 22.1 Å². The summed E-state index contributed by atoms with van der Waals surface area (Å²) in [6.07, 6.45) is 12.1. The van der Waals surface area contributed by atoms with Crippen molar-refractivity contribution >= 4 is 29.9 Å². The first kappa shape index (κ1) is 23.2. The molecule has 158 valence electrons. The lowest BCUT2D eigenvalue weighted by Gasteiger charge is -2.36. The fourth-order valence-electron chi connectivity index (χ4n) is 4.73. The van der Waals surface area contributed by atoms with Gasteiger partial charge in [0.1, 0.15) is 0 Å². The van der Waals surface area contributed by atoms with Crippen LogP contribution in [0.25, 0.3) is 0 Å². The molecule has 3 rings (SSSR count). The molecule has 1 saturated carbocycles. The lowest BCUT2D eigenvalue weighted by atomic mass is 9.82. The minimum Gasteiger partial charge on any atom is -0.376 e. The van der Waals surface area contributed by atoms with E-state index in [9.17, 15) is 0 Å². The Hall–Kier alpha value is -0.0800. The van der Waals surface area contributed by atoms with Crippen molar-refractivity contribution in [2.45, 2.75) is 76.9 Å². The number of guanidine groups is 1. The summed E-state index contributed by atoms with van der Waals surface area (Å²) >= 11 is 0. The average Bonchev–Trinajstić information content (AvgIpc) is 2.69. The number of nitrogens with one attached hydrogen (secondary N) is 1. The van der Waals surface area contributed by atoms with Crippen LogP contribution < -0.4 is 5.32 Å². The molecule has 0 aromatic heterocycles. The van der Waals surface area contributed by atoms with E-state index < -0.39 is 0 Å². The van der Waals surface area contributed by atoms with Crippen LogP contribution in [0.3, 0.4) is 0 Å². The van der Waals surface area contributed by atoms with E-state index in [1.54, 1.807) is 0 Å². The molecule has 1 aliphatic carbocycles. The number of likely N-dealkylation sites (tertiary alicyclic amines) is 1. The lowest BCUT2D eigenvalue weighted by Crippen LogP contribution is -2.48. The minimum atomic E-state index is 0. The van der Waals surface area contributed by atoms with Crippen molar-refractivity contribution in [1.82, 2.24) is 10.2 Å². The van der Waals surface area contributed by atoms with Gasteiger partial charge in [0.05, 0.1) is 18.8 Å². The van der Waals surface area contributed by atoms with E-state index in [0.29, 0.717) is 12.2 Å². The Balaban J connectivity index is 0.00000261. The summed E-state index contributed by atoms with van der Waals surface area (Å²) in [5.74, 6) is 2.78. The summed E-state index contributed by atoms with van der Waals surface area (Å²) in [5.41, 5.74) is 0. The quantitative estimate of drug-likeness (QED) is 0.357. The summed E-state index contributed by atoms with van der Waals surface area (Å²) < 4.78 is 11.9. The molecule has 0 radical (unpaired) electrons. The van der Waals surface area contributed by atoms with Gasteiger partial charge in [0, 0.05) is 33.3 Å². The van der Waals surface area contributed by atoms with Gasteiger partial charge in [0.15, 0.2) is 5.96 Å². The number of hydrogen-bond acceptors (Lipinski definition) is 3. The lowest BCUT2D eigenvalue weighted by molar-refractivity contribution is -0.0721. The molecular weight excluding hydrogens is 453 g/mol. The van der Waals surface area contributed by atoms with Crippen LogP contribution in [-0.2, 0) is 9.47 Å². The Labute approximate surface area is 183 Å². The van der Waals surface area contributed by atoms with E-state index in [4.69, 9.17) is 9.47 Å². The fourth-order valence-corrected chi connectivity index (χ4v) is 4.73. The molecule has 5 nitrogen and oxygen atoms in total. The standard InChI is InChI=1S/C21H39N3O2.HI/c1-17-6-5-7-18(14-17)15-23-21(22-2)24-11-9-19(10-12-24)26-16-20-8-3-4-13-25-20;/h17-20H,3-16H2,1-2H3,(H,22,23);1H. The second-order valence-corrected chi connectivity index (χ2v) is 8.57. The molecule has 0 spiro atoms. The topological polar surface area (TPSA) is 46.1 Å². The Morgan fingerprint density at radius 2 is 1.93 bits per heavy atom. The number of halogens is 1. The normalized spacial score (nSPS) is 30.7. The van der Waals surface area contributed by atoms with Gasteiger partial charge in [-0.15, -0.1) is 24.0 Å². The van der Waals surface area contributed by atoms with Crippen LogP contribution in [0.2, 0.25) is 0 Å². The molecule has 2 heterocycles. The molecule has 3 fully saturated rings. The van der Waals surface area contributed by atoms with Crippen molar-refractivity contribution in [2.75, 3.05) is 39.9 Å². The zero-order valence-electron chi connectivity index (χ0n) is 17.3. The predicted octanol–water partition coefficient (Wildman–Crippen LogP) is 4.06. The van der Waals surface area contributed by atoms with E-state index in [0.717, 1.165) is 69.9 Å². The molecule has 0 aromatic rings. The third-order valence-electron chi connectivity index (χ3n) is 6.34. The summed E-state index contributed by atoms with van der Waals surface area (Å²) in [7, 11) is 1.91. The van der Waals surface area contributed by atoms with E-state index in [1.165, 1.54) is 38.5 Å². The highest BCUT2D eigenvalue weighted by molar-refractivity contribution is 14.0. The molecule has 2 saturated heterocycles. The van der Waals surface area contributed by atoms with Crippen LogP contribution in [0.1, 0.15) is 64.7 Å². The highest BCUT2D eigenvalue weighted by Crippen LogP contribution is 2.28. The zero-order chi connectivity index (χ0) is 18.2. The summed E-state index contributed by atoms with van der Waals surface area (Å²) in [4.78, 5) is 6.94. The highest BCUT2D eigenvalue weighted by Gasteiger charge is 2.25. The molecular formula is C21H40IN3O2. The van der Waals surface area contributed by atoms with E-state index in [-0.39, 0.29) is 24.0 Å². The van der Waals surface area contributed by atoms with Crippen molar-refractivity contribution in [3.05, 3.63) is 0 Å². The first-order valence-corrected chi connectivity index (χ1v) is 10.9. The van der Waals surface area contributed by atoms with Gasteiger partial charge in [-0.25, -0.2) is 0 Å². The van der Waals surface area contributed by atoms with E-state index >= 15 is 0 Å². The van der Waals surface area contributed by atoms with Crippen LogP contribution >= 0.6 is 24.0 Å². The number of ether oxygens (including phenoxy) is 2. The molecule has 27 heavy (non-hydrogen) atoms. The van der Waals surface area contributed by atoms with Gasteiger partial charge in [-0.1, -0.05) is 19.8 Å². The third-order valence-corrected chi connectivity index (χ3v) is 6.34. The molecule has 2 aliphatic heterocycles. The Morgan fingerprint density at radius 3 is 2.59 bits per heavy atom. The van der Waals surface area contributed by atoms with Gasteiger partial charge in [-0.2, -0.15) is 0 Å². The maximum absolute atomic E-state index is 6.14. The van der Waals surface area contributed by atoms with Crippen LogP contribution in [0.4, 0.5) is 0 Å². The molecule has 3 aliphatic rings. The second-order valence-electron chi connectivity index (χ2n) is 8.57. The number of nitrogens with zero attached hydrogens (tertiary/aromatic N) is 2. The predicted molar refractivity (Wildman–Crippen MR) is 122 cm³/mol. The van der Waals surface area contributed by atoms with Crippen molar-refractivity contribution < 1.29 is 9.47 Å². The van der Waals surface area contributed by atoms with Gasteiger partial charge in [-0.3, -0.25) is 4.99 Å². The fraction of sp³-hybridized carbons (Fsp3) is 0.952. The molecule has 6 heteroatoms. The van der Waals surface area contributed by atoms with Crippen LogP contribution in [0, 0.1) is 11.8 Å². The largest absolute Gasteiger partial charge is 0.376 e. The van der Waals surface area contributed by atoms with Crippen molar-refractivity contribution in [1.29, 1.82) is 0 Å². The first-order chi connectivity index (χ1) is 12.7. The molecule has 0 aromatic carbocycles. The van der Waals surface area contributed by atoms with Gasteiger partial charge >= 0.3 is 0 Å². The van der Waals surface area contributed by atoms with Crippen molar-refractivity contribution in [3.63, 3.8) is 0 Å². The van der Waals surface area contributed by atoms with Gasteiger partial charge in [-0.05, 0) is 56.8 Å². The molecule has 1 N–H and O–H groups in total. The molecule has 3 atom stereocenters. The van der Waals surface area contributed by atoms with Gasteiger partial charge in [0.2, 0.25) is 0 Å². The molecule has 0 amide bonds. The van der Waals surface area contributed by atoms with E-state index in [1.807, 2.05) is 7.05 Å². The van der Waals surface area contributed by atoms with Crippen molar-refractivity contribution in [3.8, 4) is 0 Å². The van der Waals surface area contributed by atoms with Crippen molar-refractivity contribution in [2.24, 2.45) is 16.8 Å². The monoisotopic (exact) mass is 493 g/mol. The first-order valence-electron chi connectivity index (χ1n) is 10.9. The van der Waals surface area contributed by atoms with Gasteiger partial charge < -0.3 is 19.7 Å². The number of piperidine rings is 1. The summed E-state index contributed by atoms with van der Waals surface area (Å²) in [5, 5.41) is 3.64. The highest BCUT2D eigenvalue weighted by atomic mass is 127. The van der Waals surface area contributed by atoms with Gasteiger partial charge in [0.25, 0.3) is 0 Å². The SMILES string of the molecule is CN=C(NCC1CCCC(C)C1)N1CCC(OCC2CCCCO2)CC1.I. The van der Waals surface area contributed by atoms with Crippen LogP contribution in [-0.4, -0.2) is 63.0 Å². The summed E-state index contributed by atoms with van der Waals surface area (Å²) in [6.45, 7) is 7.23. The number of hydrogen-bond donors (Lipinski definition) is 1. The Bertz CT molecular complexity index is 435. The van der Waals surface area contributed by atoms with Crippen LogP contribution in [0.15, 0.2) is 4.99 Å². The second kappa shape index (κ2) is 12.5. The Kier molecular flexibility index (Phi) is 10.7. The molecule has 3 unspecified atom stereocenters. The zero-order valence-corrected chi connectivity index (χ0v) is 19.7. The Morgan fingerprint density at radius 1 is 1.11 bits per heavy atom.